The van der Waals surface area contributed by atoms with Crippen LogP contribution in [0.4, 0.5) is 0 Å². The molecule has 6 nitrogen and oxygen atoms in total. The summed E-state index contributed by atoms with van der Waals surface area (Å²) < 4.78 is 1.79. The minimum absolute atomic E-state index is 0.0478. The van der Waals surface area contributed by atoms with Crippen LogP contribution in [0.25, 0.3) is 10.9 Å². The Hall–Kier alpha value is -2.37. The molecule has 6 heteroatoms. The topological polar surface area (TPSA) is 67.2 Å². The Labute approximate surface area is 129 Å². The largest absolute Gasteiger partial charge is 0.354 e. The van der Waals surface area contributed by atoms with Crippen molar-refractivity contribution in [2.45, 2.75) is 25.8 Å². The van der Waals surface area contributed by atoms with E-state index in [0.29, 0.717) is 13.1 Å². The first-order valence-electron chi connectivity index (χ1n) is 7.55. The van der Waals surface area contributed by atoms with Gasteiger partial charge in [-0.2, -0.15) is 5.10 Å². The van der Waals surface area contributed by atoms with Crippen molar-refractivity contribution in [2.75, 3.05) is 13.1 Å². The molecule has 1 aliphatic heterocycles. The summed E-state index contributed by atoms with van der Waals surface area (Å²) in [4.78, 5) is 26.2. The molecule has 1 aliphatic rings. The number of hydrogen-bond donors (Lipinski definition) is 1. The van der Waals surface area contributed by atoms with E-state index in [4.69, 9.17) is 0 Å². The maximum absolute atomic E-state index is 12.6. The minimum atomic E-state index is -0.426. The van der Waals surface area contributed by atoms with Gasteiger partial charge in [0.15, 0.2) is 0 Å². The summed E-state index contributed by atoms with van der Waals surface area (Å²) in [5.41, 5.74) is 1.77. The average molecular weight is 300 g/mol. The lowest BCUT2D eigenvalue weighted by Gasteiger charge is -2.25. The zero-order chi connectivity index (χ0) is 15.7. The van der Waals surface area contributed by atoms with E-state index in [9.17, 15) is 9.59 Å². The molecule has 2 heterocycles. The van der Waals surface area contributed by atoms with Crippen molar-refractivity contribution >= 4 is 22.7 Å². The zero-order valence-electron chi connectivity index (χ0n) is 12.9. The van der Waals surface area contributed by atoms with Crippen molar-refractivity contribution in [1.29, 1.82) is 0 Å². The molecule has 1 aromatic carbocycles. The van der Waals surface area contributed by atoms with E-state index in [0.717, 1.165) is 23.0 Å². The number of carbonyl (C=O) groups excluding carboxylic acids is 2. The van der Waals surface area contributed by atoms with Crippen LogP contribution >= 0.6 is 0 Å². The third-order valence-corrected chi connectivity index (χ3v) is 4.20. The lowest BCUT2D eigenvalue weighted by molar-refractivity contribution is -0.138. The number of nitrogens with one attached hydrogen (secondary N) is 1. The van der Waals surface area contributed by atoms with Gasteiger partial charge >= 0.3 is 0 Å². The number of rotatable bonds is 2. The minimum Gasteiger partial charge on any atom is -0.354 e. The lowest BCUT2D eigenvalue weighted by atomic mass is 10.1. The van der Waals surface area contributed by atoms with Gasteiger partial charge in [-0.05, 0) is 19.4 Å². The van der Waals surface area contributed by atoms with Crippen molar-refractivity contribution in [2.24, 2.45) is 7.05 Å². The normalized spacial score (nSPS) is 19.1. The monoisotopic (exact) mass is 300 g/mol. The second kappa shape index (κ2) is 5.79. The van der Waals surface area contributed by atoms with Gasteiger partial charge in [0.05, 0.1) is 17.6 Å². The molecule has 1 aromatic heterocycles. The Morgan fingerprint density at radius 1 is 1.41 bits per heavy atom. The van der Waals surface area contributed by atoms with Gasteiger partial charge < -0.3 is 10.2 Å². The van der Waals surface area contributed by atoms with E-state index < -0.39 is 6.04 Å². The summed E-state index contributed by atoms with van der Waals surface area (Å²) in [5, 5.41) is 8.28. The van der Waals surface area contributed by atoms with Crippen LogP contribution in [-0.4, -0.2) is 45.6 Å². The number of carbonyl (C=O) groups is 2. The second-order valence-electron chi connectivity index (χ2n) is 5.67. The summed E-state index contributed by atoms with van der Waals surface area (Å²) in [6.07, 6.45) is 1.00. The van der Waals surface area contributed by atoms with Gasteiger partial charge in [-0.3, -0.25) is 14.3 Å². The highest BCUT2D eigenvalue weighted by molar-refractivity contribution is 5.91. The first-order chi connectivity index (χ1) is 10.6. The molecule has 0 aliphatic carbocycles. The van der Waals surface area contributed by atoms with Gasteiger partial charge in [0, 0.05) is 25.5 Å². The van der Waals surface area contributed by atoms with Gasteiger partial charge in [-0.25, -0.2) is 0 Å². The van der Waals surface area contributed by atoms with Gasteiger partial charge in [0.1, 0.15) is 6.04 Å². The molecule has 1 atom stereocenters. The maximum atomic E-state index is 12.6. The fraction of sp³-hybridized carbons (Fsp3) is 0.438. The first-order valence-corrected chi connectivity index (χ1v) is 7.55. The zero-order valence-corrected chi connectivity index (χ0v) is 12.9. The molecule has 2 aromatic rings. The molecule has 0 bridgehead atoms. The van der Waals surface area contributed by atoms with E-state index in [-0.39, 0.29) is 18.2 Å². The predicted octanol–water partition coefficient (Wildman–Crippen LogP) is 0.853. The van der Waals surface area contributed by atoms with Crippen LogP contribution in [0.5, 0.6) is 0 Å². The fourth-order valence-electron chi connectivity index (χ4n) is 2.95. The van der Waals surface area contributed by atoms with E-state index in [1.54, 1.807) is 16.5 Å². The quantitative estimate of drug-likeness (QED) is 0.894. The SMILES string of the molecule is CC1C(=O)NCCCN1C(=O)Cc1nn(C)c2ccccc12. The summed E-state index contributed by atoms with van der Waals surface area (Å²) in [6, 6.07) is 7.43. The van der Waals surface area contributed by atoms with Crippen LogP contribution in [0.2, 0.25) is 0 Å². The predicted molar refractivity (Wildman–Crippen MR) is 83.2 cm³/mol. The van der Waals surface area contributed by atoms with Crippen LogP contribution in [0.1, 0.15) is 19.0 Å². The van der Waals surface area contributed by atoms with Crippen LogP contribution < -0.4 is 5.32 Å². The third kappa shape index (κ3) is 2.56. The van der Waals surface area contributed by atoms with Crippen LogP contribution in [0.3, 0.4) is 0 Å². The summed E-state index contributed by atoms with van der Waals surface area (Å²) in [5.74, 6) is -0.134. The first kappa shape index (κ1) is 14.6. The molecule has 1 saturated heterocycles. The number of aryl methyl sites for hydroxylation is 1. The Bertz CT molecular complexity index is 722. The Kier molecular flexibility index (Phi) is 3.83. The molecule has 1 unspecified atom stereocenters. The van der Waals surface area contributed by atoms with E-state index in [2.05, 4.69) is 10.4 Å². The Morgan fingerprint density at radius 3 is 3.00 bits per heavy atom. The number of aromatic nitrogens is 2. The molecule has 0 radical (unpaired) electrons. The standard InChI is InChI=1S/C16H20N4O2/c1-11-16(22)17-8-5-9-20(11)15(21)10-13-12-6-3-4-7-14(12)19(2)18-13/h3-4,6-7,11H,5,8-10H2,1-2H3,(H,17,22). The number of para-hydroxylation sites is 1. The highest BCUT2D eigenvalue weighted by Gasteiger charge is 2.28. The van der Waals surface area contributed by atoms with Crippen molar-refractivity contribution in [3.05, 3.63) is 30.0 Å². The second-order valence-corrected chi connectivity index (χ2v) is 5.67. The van der Waals surface area contributed by atoms with E-state index >= 15 is 0 Å². The summed E-state index contributed by atoms with van der Waals surface area (Å²) >= 11 is 0. The molecule has 22 heavy (non-hydrogen) atoms. The number of fused-ring (bicyclic) bond motifs is 1. The van der Waals surface area contributed by atoms with Crippen molar-refractivity contribution < 1.29 is 9.59 Å². The highest BCUT2D eigenvalue weighted by atomic mass is 16.2. The van der Waals surface area contributed by atoms with Gasteiger partial charge in [-0.1, -0.05) is 18.2 Å². The van der Waals surface area contributed by atoms with Crippen LogP contribution in [0, 0.1) is 0 Å². The van der Waals surface area contributed by atoms with E-state index in [1.165, 1.54) is 0 Å². The highest BCUT2D eigenvalue weighted by Crippen LogP contribution is 2.19. The van der Waals surface area contributed by atoms with Crippen LogP contribution in [-0.2, 0) is 23.1 Å². The third-order valence-electron chi connectivity index (χ3n) is 4.20. The van der Waals surface area contributed by atoms with Crippen LogP contribution in [0.15, 0.2) is 24.3 Å². The average Bonchev–Trinajstić information content (AvgIpc) is 2.72. The molecule has 3 rings (SSSR count). The number of amides is 2. The Balaban J connectivity index is 1.85. The maximum Gasteiger partial charge on any atom is 0.242 e. The van der Waals surface area contributed by atoms with Crippen molar-refractivity contribution in [3.8, 4) is 0 Å². The van der Waals surface area contributed by atoms with Crippen molar-refractivity contribution in [3.63, 3.8) is 0 Å². The molecule has 1 N–H and O–H groups in total. The molecular formula is C16H20N4O2. The lowest BCUT2D eigenvalue weighted by Crippen LogP contribution is -2.45. The van der Waals surface area contributed by atoms with Crippen molar-refractivity contribution in [1.82, 2.24) is 20.0 Å². The van der Waals surface area contributed by atoms with Gasteiger partial charge in [-0.15, -0.1) is 0 Å². The van der Waals surface area contributed by atoms with Gasteiger partial charge in [0.25, 0.3) is 0 Å². The Morgan fingerprint density at radius 2 is 2.18 bits per heavy atom. The molecular weight excluding hydrogens is 280 g/mol. The fourth-order valence-corrected chi connectivity index (χ4v) is 2.95. The molecule has 2 amide bonds. The van der Waals surface area contributed by atoms with Gasteiger partial charge in [0.2, 0.25) is 11.8 Å². The summed E-state index contributed by atoms with van der Waals surface area (Å²) in [6.45, 7) is 3.00. The smallest absolute Gasteiger partial charge is 0.242 e. The number of hydrogen-bond acceptors (Lipinski definition) is 3. The molecule has 0 saturated carbocycles. The van der Waals surface area contributed by atoms with E-state index in [1.807, 2.05) is 31.3 Å². The molecule has 116 valence electrons. The molecule has 1 fully saturated rings. The summed E-state index contributed by atoms with van der Waals surface area (Å²) in [7, 11) is 1.87. The number of nitrogens with zero attached hydrogens (tertiary/aromatic N) is 3. The number of benzene rings is 1. The molecule has 0 spiro atoms.